The lowest BCUT2D eigenvalue weighted by Crippen LogP contribution is -2.31. The maximum absolute atomic E-state index is 12.6. The number of nitrogens with one attached hydrogen (secondary N) is 1. The van der Waals surface area contributed by atoms with Crippen molar-refractivity contribution in [1.82, 2.24) is 4.90 Å². The SMILES string of the molecule is Cc1c(NC(=O)[C@@H]2CC[C@H](CN)O2)cccc1C(=O)N1CCCC1.Cl. The maximum atomic E-state index is 12.6. The molecule has 0 unspecified atom stereocenters. The molecular formula is C18H26ClN3O3. The summed E-state index contributed by atoms with van der Waals surface area (Å²) in [6.45, 7) is 3.93. The zero-order valence-electron chi connectivity index (χ0n) is 14.5. The van der Waals surface area contributed by atoms with Crippen LogP contribution in [0.4, 0.5) is 5.69 Å². The Kier molecular flexibility index (Phi) is 6.81. The van der Waals surface area contributed by atoms with E-state index in [9.17, 15) is 9.59 Å². The summed E-state index contributed by atoms with van der Waals surface area (Å²) in [4.78, 5) is 26.9. The highest BCUT2D eigenvalue weighted by Crippen LogP contribution is 2.24. The number of amides is 2. The van der Waals surface area contributed by atoms with Crippen LogP contribution >= 0.6 is 12.4 Å². The van der Waals surface area contributed by atoms with Gasteiger partial charge in [-0.3, -0.25) is 9.59 Å². The number of benzene rings is 1. The van der Waals surface area contributed by atoms with Crippen LogP contribution in [0, 0.1) is 6.92 Å². The van der Waals surface area contributed by atoms with Crippen molar-refractivity contribution in [1.29, 1.82) is 0 Å². The summed E-state index contributed by atoms with van der Waals surface area (Å²) in [5.41, 5.74) is 7.71. The highest BCUT2D eigenvalue weighted by Gasteiger charge is 2.30. The van der Waals surface area contributed by atoms with Gasteiger partial charge < -0.3 is 20.7 Å². The van der Waals surface area contributed by atoms with Gasteiger partial charge in [0.1, 0.15) is 6.10 Å². The molecule has 0 radical (unpaired) electrons. The molecule has 0 bridgehead atoms. The minimum absolute atomic E-state index is 0. The van der Waals surface area contributed by atoms with E-state index < -0.39 is 6.10 Å². The molecule has 2 atom stereocenters. The Morgan fingerprint density at radius 2 is 2.00 bits per heavy atom. The van der Waals surface area contributed by atoms with Crippen molar-refractivity contribution in [3.05, 3.63) is 29.3 Å². The van der Waals surface area contributed by atoms with Crippen molar-refractivity contribution in [2.45, 2.75) is 44.8 Å². The first-order valence-electron chi connectivity index (χ1n) is 8.65. The molecule has 25 heavy (non-hydrogen) atoms. The van der Waals surface area contributed by atoms with E-state index in [4.69, 9.17) is 10.5 Å². The van der Waals surface area contributed by atoms with E-state index in [0.29, 0.717) is 24.2 Å². The molecule has 2 fully saturated rings. The Morgan fingerprint density at radius 1 is 1.28 bits per heavy atom. The summed E-state index contributed by atoms with van der Waals surface area (Å²) < 4.78 is 5.63. The average molecular weight is 368 g/mol. The van der Waals surface area contributed by atoms with E-state index in [2.05, 4.69) is 5.32 Å². The summed E-state index contributed by atoms with van der Waals surface area (Å²) in [5, 5.41) is 2.91. The number of rotatable bonds is 4. The molecule has 138 valence electrons. The quantitative estimate of drug-likeness (QED) is 0.853. The van der Waals surface area contributed by atoms with Crippen LogP contribution in [0.1, 0.15) is 41.6 Å². The predicted octanol–water partition coefficient (Wildman–Crippen LogP) is 2.10. The number of likely N-dealkylation sites (tertiary alicyclic amines) is 1. The number of nitrogens with two attached hydrogens (primary N) is 1. The number of hydrogen-bond acceptors (Lipinski definition) is 4. The minimum atomic E-state index is -0.462. The van der Waals surface area contributed by atoms with Crippen LogP contribution in [0.3, 0.4) is 0 Å². The third-order valence-electron chi connectivity index (χ3n) is 4.88. The zero-order chi connectivity index (χ0) is 17.1. The van der Waals surface area contributed by atoms with Gasteiger partial charge in [-0.05, 0) is 50.3 Å². The molecule has 2 amide bonds. The van der Waals surface area contributed by atoms with Crippen LogP contribution in [-0.4, -0.2) is 48.6 Å². The number of carbonyl (C=O) groups is 2. The third kappa shape index (κ3) is 4.32. The van der Waals surface area contributed by atoms with E-state index in [1.807, 2.05) is 30.0 Å². The van der Waals surface area contributed by atoms with Gasteiger partial charge in [0.25, 0.3) is 11.8 Å². The molecule has 2 saturated heterocycles. The van der Waals surface area contributed by atoms with Gasteiger partial charge in [-0.25, -0.2) is 0 Å². The third-order valence-corrected chi connectivity index (χ3v) is 4.88. The van der Waals surface area contributed by atoms with Crippen LogP contribution in [0.25, 0.3) is 0 Å². The van der Waals surface area contributed by atoms with Crippen molar-refractivity contribution < 1.29 is 14.3 Å². The van der Waals surface area contributed by atoms with Gasteiger partial charge in [0.15, 0.2) is 0 Å². The fourth-order valence-electron chi connectivity index (χ4n) is 3.38. The Balaban J connectivity index is 0.00000225. The number of hydrogen-bond donors (Lipinski definition) is 2. The highest BCUT2D eigenvalue weighted by molar-refractivity contribution is 6.00. The second kappa shape index (κ2) is 8.65. The molecule has 3 rings (SSSR count). The van der Waals surface area contributed by atoms with E-state index in [0.717, 1.165) is 37.9 Å². The Hall–Kier alpha value is -1.63. The summed E-state index contributed by atoms with van der Waals surface area (Å²) in [7, 11) is 0. The fourth-order valence-corrected chi connectivity index (χ4v) is 3.38. The monoisotopic (exact) mass is 367 g/mol. The number of carbonyl (C=O) groups excluding carboxylic acids is 2. The van der Waals surface area contributed by atoms with E-state index in [1.54, 1.807) is 0 Å². The van der Waals surface area contributed by atoms with Gasteiger partial charge in [-0.1, -0.05) is 6.07 Å². The van der Waals surface area contributed by atoms with Crippen LogP contribution in [-0.2, 0) is 9.53 Å². The number of halogens is 1. The summed E-state index contributed by atoms with van der Waals surface area (Å²) in [6, 6.07) is 5.45. The molecule has 1 aromatic carbocycles. The summed E-state index contributed by atoms with van der Waals surface area (Å²) in [6.07, 6.45) is 3.10. The second-order valence-corrected chi connectivity index (χ2v) is 6.53. The van der Waals surface area contributed by atoms with Crippen LogP contribution in [0.2, 0.25) is 0 Å². The molecule has 0 aliphatic carbocycles. The molecule has 7 heteroatoms. The molecule has 0 saturated carbocycles. The first-order valence-corrected chi connectivity index (χ1v) is 8.65. The normalized spacial score (nSPS) is 22.6. The van der Waals surface area contributed by atoms with Gasteiger partial charge in [0.05, 0.1) is 6.10 Å². The topological polar surface area (TPSA) is 84.7 Å². The van der Waals surface area contributed by atoms with Crippen molar-refractivity contribution in [3.63, 3.8) is 0 Å². The summed E-state index contributed by atoms with van der Waals surface area (Å²) in [5.74, 6) is -0.124. The molecule has 0 spiro atoms. The standard InChI is InChI=1S/C18H25N3O3.ClH/c1-12-14(18(23)21-9-2-3-10-21)5-4-6-15(12)20-17(22)16-8-7-13(11-19)24-16;/h4-6,13,16H,2-3,7-11,19H2,1H3,(H,20,22);1H/t13-,16+;/m1./s1. The Morgan fingerprint density at radius 3 is 2.64 bits per heavy atom. The molecular weight excluding hydrogens is 342 g/mol. The smallest absolute Gasteiger partial charge is 0.254 e. The second-order valence-electron chi connectivity index (χ2n) is 6.53. The van der Waals surface area contributed by atoms with Gasteiger partial charge in [0.2, 0.25) is 0 Å². The van der Waals surface area contributed by atoms with Crippen molar-refractivity contribution in [3.8, 4) is 0 Å². The molecule has 0 aromatic heterocycles. The fraction of sp³-hybridized carbons (Fsp3) is 0.556. The lowest BCUT2D eigenvalue weighted by atomic mass is 10.0. The highest BCUT2D eigenvalue weighted by atomic mass is 35.5. The van der Waals surface area contributed by atoms with Gasteiger partial charge in [0, 0.05) is 30.9 Å². The molecule has 1 aromatic rings. The lowest BCUT2D eigenvalue weighted by Gasteiger charge is -2.19. The molecule has 6 nitrogen and oxygen atoms in total. The van der Waals surface area contributed by atoms with Crippen LogP contribution in [0.15, 0.2) is 18.2 Å². The van der Waals surface area contributed by atoms with Crippen molar-refractivity contribution in [2.75, 3.05) is 25.0 Å². The number of ether oxygens (including phenoxy) is 1. The Labute approximate surface area is 154 Å². The minimum Gasteiger partial charge on any atom is -0.364 e. The van der Waals surface area contributed by atoms with Gasteiger partial charge >= 0.3 is 0 Å². The van der Waals surface area contributed by atoms with Crippen LogP contribution in [0.5, 0.6) is 0 Å². The van der Waals surface area contributed by atoms with Gasteiger partial charge in [-0.15, -0.1) is 12.4 Å². The first-order chi connectivity index (χ1) is 11.6. The van der Waals surface area contributed by atoms with E-state index >= 15 is 0 Å². The van der Waals surface area contributed by atoms with Crippen molar-refractivity contribution >= 4 is 29.9 Å². The van der Waals surface area contributed by atoms with Crippen LogP contribution < -0.4 is 11.1 Å². The molecule has 2 aliphatic rings. The Bertz CT molecular complexity index is 632. The molecule has 2 heterocycles. The largest absolute Gasteiger partial charge is 0.364 e. The number of anilines is 1. The summed E-state index contributed by atoms with van der Waals surface area (Å²) >= 11 is 0. The van der Waals surface area contributed by atoms with E-state index in [1.165, 1.54) is 0 Å². The average Bonchev–Trinajstić information content (AvgIpc) is 3.27. The first kappa shape index (κ1) is 19.7. The van der Waals surface area contributed by atoms with Gasteiger partial charge in [-0.2, -0.15) is 0 Å². The maximum Gasteiger partial charge on any atom is 0.254 e. The predicted molar refractivity (Wildman–Crippen MR) is 99.1 cm³/mol. The van der Waals surface area contributed by atoms with E-state index in [-0.39, 0.29) is 30.3 Å². The number of nitrogens with zero attached hydrogens (tertiary/aromatic N) is 1. The molecule has 3 N–H and O–H groups in total. The zero-order valence-corrected chi connectivity index (χ0v) is 15.3. The van der Waals surface area contributed by atoms with Crippen molar-refractivity contribution in [2.24, 2.45) is 5.73 Å². The lowest BCUT2D eigenvalue weighted by molar-refractivity contribution is -0.126. The molecule has 2 aliphatic heterocycles.